The lowest BCUT2D eigenvalue weighted by Crippen LogP contribution is -2.38. The molecule has 1 atom stereocenters. The van der Waals surface area contributed by atoms with E-state index in [1.807, 2.05) is 0 Å². The number of hydrazine groups is 1. The molecule has 1 aliphatic heterocycles. The Bertz CT molecular complexity index is 858. The molecule has 136 valence electrons. The van der Waals surface area contributed by atoms with E-state index in [2.05, 4.69) is 21.2 Å². The first-order chi connectivity index (χ1) is 12.4. The van der Waals surface area contributed by atoms with Gasteiger partial charge in [0.1, 0.15) is 17.8 Å². The molecule has 26 heavy (non-hydrogen) atoms. The molecule has 3 rings (SSSR count). The molecule has 0 bridgehead atoms. The molecule has 0 amide bonds. The first kappa shape index (κ1) is 17.9. The van der Waals surface area contributed by atoms with Gasteiger partial charge in [0, 0.05) is 29.9 Å². The largest absolute Gasteiger partial charge is 0.416 e. The summed E-state index contributed by atoms with van der Waals surface area (Å²) >= 11 is 0. The van der Waals surface area contributed by atoms with Gasteiger partial charge in [-0.3, -0.25) is 0 Å². The van der Waals surface area contributed by atoms with Crippen LogP contribution in [0, 0.1) is 5.82 Å². The average Bonchev–Trinajstić information content (AvgIpc) is 2.61. The molecule has 1 aliphatic rings. The number of benzene rings is 2. The summed E-state index contributed by atoms with van der Waals surface area (Å²) in [5.41, 5.74) is 5.15. The molecular formula is C18H16F4N4. The molecule has 4 nitrogen and oxygen atoms in total. The molecular weight excluding hydrogens is 348 g/mol. The molecule has 8 heteroatoms. The number of alkyl halides is 3. The van der Waals surface area contributed by atoms with Gasteiger partial charge in [0.15, 0.2) is 0 Å². The first-order valence-electron chi connectivity index (χ1n) is 7.80. The van der Waals surface area contributed by atoms with Gasteiger partial charge in [0.2, 0.25) is 0 Å². The fourth-order valence-electron chi connectivity index (χ4n) is 2.71. The Hall–Kier alpha value is -2.87. The van der Waals surface area contributed by atoms with Crippen molar-refractivity contribution < 1.29 is 17.6 Å². The number of nitrogens with one attached hydrogen (secondary N) is 3. The minimum Gasteiger partial charge on any atom is -0.359 e. The van der Waals surface area contributed by atoms with Crippen LogP contribution in [0.1, 0.15) is 22.9 Å². The summed E-state index contributed by atoms with van der Waals surface area (Å²) in [5, 5.41) is 2.89. The van der Waals surface area contributed by atoms with E-state index < -0.39 is 23.7 Å². The van der Waals surface area contributed by atoms with Crippen molar-refractivity contribution >= 4 is 11.5 Å². The predicted molar refractivity (Wildman–Crippen MR) is 91.3 cm³/mol. The van der Waals surface area contributed by atoms with Crippen molar-refractivity contribution in [1.29, 1.82) is 0 Å². The van der Waals surface area contributed by atoms with Gasteiger partial charge in [-0.25, -0.2) is 14.8 Å². The van der Waals surface area contributed by atoms with Crippen LogP contribution in [-0.2, 0) is 6.18 Å². The summed E-state index contributed by atoms with van der Waals surface area (Å²) in [5.74, 6) is -0.203. The maximum absolute atomic E-state index is 14.1. The molecule has 3 N–H and O–H groups in total. The number of halogens is 4. The fourth-order valence-corrected chi connectivity index (χ4v) is 2.71. The van der Waals surface area contributed by atoms with Gasteiger partial charge in [0.25, 0.3) is 0 Å². The van der Waals surface area contributed by atoms with Gasteiger partial charge in [-0.15, -0.1) is 0 Å². The molecule has 1 unspecified atom stereocenters. The van der Waals surface area contributed by atoms with Gasteiger partial charge >= 0.3 is 6.18 Å². The van der Waals surface area contributed by atoms with Crippen LogP contribution in [0.15, 0.2) is 59.6 Å². The van der Waals surface area contributed by atoms with Crippen LogP contribution >= 0.6 is 0 Å². The normalized spacial score (nSPS) is 17.2. The zero-order chi connectivity index (χ0) is 18.7. The Morgan fingerprint density at radius 3 is 2.42 bits per heavy atom. The SMILES string of the molecule is CNNC1=NC(c2ccccc2C(F)(F)F)NC(c2ccccc2F)=C1. The number of rotatable bonds is 3. The molecule has 0 saturated heterocycles. The molecule has 0 aromatic heterocycles. The zero-order valence-corrected chi connectivity index (χ0v) is 13.7. The lowest BCUT2D eigenvalue weighted by atomic mass is 10.0. The van der Waals surface area contributed by atoms with Gasteiger partial charge in [-0.05, 0) is 18.2 Å². The predicted octanol–water partition coefficient (Wildman–Crippen LogP) is 3.61. The third-order valence-electron chi connectivity index (χ3n) is 3.82. The maximum Gasteiger partial charge on any atom is 0.416 e. The van der Waals surface area contributed by atoms with Crippen molar-refractivity contribution in [1.82, 2.24) is 16.2 Å². The number of aliphatic imine (C=N–C) groups is 1. The van der Waals surface area contributed by atoms with E-state index in [0.717, 1.165) is 6.07 Å². The second-order valence-electron chi connectivity index (χ2n) is 5.56. The van der Waals surface area contributed by atoms with Crippen molar-refractivity contribution in [3.05, 3.63) is 77.1 Å². The highest BCUT2D eigenvalue weighted by atomic mass is 19.4. The molecule has 0 aliphatic carbocycles. The van der Waals surface area contributed by atoms with Crippen molar-refractivity contribution in [3.63, 3.8) is 0 Å². The number of amidine groups is 1. The van der Waals surface area contributed by atoms with Gasteiger partial charge in [0.05, 0.1) is 5.56 Å². The highest BCUT2D eigenvalue weighted by molar-refractivity contribution is 6.00. The van der Waals surface area contributed by atoms with Gasteiger partial charge < -0.3 is 10.7 Å². The van der Waals surface area contributed by atoms with Crippen LogP contribution in [0.4, 0.5) is 17.6 Å². The molecule has 2 aromatic rings. The monoisotopic (exact) mass is 364 g/mol. The van der Waals surface area contributed by atoms with E-state index in [4.69, 9.17) is 0 Å². The summed E-state index contributed by atoms with van der Waals surface area (Å²) in [4.78, 5) is 4.25. The zero-order valence-electron chi connectivity index (χ0n) is 13.7. The first-order valence-corrected chi connectivity index (χ1v) is 7.80. The standard InChI is InChI=1S/C18H16F4N4/c1-23-26-16-10-15(12-7-3-5-9-14(12)19)24-17(25-16)11-6-2-4-8-13(11)18(20,21)22/h2-10,17,23-24H,1H3,(H,25,26). The van der Waals surface area contributed by atoms with Crippen LogP contribution in [0.25, 0.3) is 5.70 Å². The smallest absolute Gasteiger partial charge is 0.359 e. The van der Waals surface area contributed by atoms with Crippen molar-refractivity contribution in [2.24, 2.45) is 4.99 Å². The number of hydrogen-bond donors (Lipinski definition) is 3. The summed E-state index contributed by atoms with van der Waals surface area (Å²) < 4.78 is 54.2. The van der Waals surface area contributed by atoms with E-state index in [9.17, 15) is 17.6 Å². The minimum absolute atomic E-state index is 0.0441. The van der Waals surface area contributed by atoms with Crippen LogP contribution in [0.3, 0.4) is 0 Å². The summed E-state index contributed by atoms with van der Waals surface area (Å²) in [7, 11) is 1.60. The van der Waals surface area contributed by atoms with Crippen molar-refractivity contribution in [3.8, 4) is 0 Å². The number of hydrogen-bond acceptors (Lipinski definition) is 4. The lowest BCUT2D eigenvalue weighted by Gasteiger charge is -2.26. The Balaban J connectivity index is 2.05. The molecule has 0 spiro atoms. The van der Waals surface area contributed by atoms with E-state index in [1.165, 1.54) is 30.3 Å². The van der Waals surface area contributed by atoms with Gasteiger partial charge in [-0.1, -0.05) is 30.3 Å². The Morgan fingerprint density at radius 1 is 1.04 bits per heavy atom. The third kappa shape index (κ3) is 3.70. The van der Waals surface area contributed by atoms with Gasteiger partial charge in [-0.2, -0.15) is 13.2 Å². The molecule has 0 fully saturated rings. The third-order valence-corrected chi connectivity index (χ3v) is 3.82. The molecule has 2 aromatic carbocycles. The Morgan fingerprint density at radius 2 is 1.73 bits per heavy atom. The summed E-state index contributed by atoms with van der Waals surface area (Å²) in [6, 6.07) is 11.2. The molecule has 1 heterocycles. The van der Waals surface area contributed by atoms with Crippen LogP contribution in [0.5, 0.6) is 0 Å². The molecule has 0 radical (unpaired) electrons. The summed E-state index contributed by atoms with van der Waals surface area (Å²) in [6.45, 7) is 0. The quantitative estimate of drug-likeness (QED) is 0.576. The molecule has 0 saturated carbocycles. The van der Waals surface area contributed by atoms with Crippen molar-refractivity contribution in [2.45, 2.75) is 12.3 Å². The maximum atomic E-state index is 14.1. The lowest BCUT2D eigenvalue weighted by molar-refractivity contribution is -0.138. The van der Waals surface area contributed by atoms with Crippen LogP contribution < -0.4 is 16.2 Å². The van der Waals surface area contributed by atoms with E-state index in [1.54, 1.807) is 25.2 Å². The highest BCUT2D eigenvalue weighted by Crippen LogP contribution is 2.36. The summed E-state index contributed by atoms with van der Waals surface area (Å²) in [6.07, 6.45) is -4.02. The van der Waals surface area contributed by atoms with E-state index in [-0.39, 0.29) is 17.0 Å². The average molecular weight is 364 g/mol. The van der Waals surface area contributed by atoms with E-state index >= 15 is 0 Å². The highest BCUT2D eigenvalue weighted by Gasteiger charge is 2.35. The Labute approximate surface area is 147 Å². The van der Waals surface area contributed by atoms with Crippen LogP contribution in [0.2, 0.25) is 0 Å². The second kappa shape index (κ2) is 7.17. The topological polar surface area (TPSA) is 48.5 Å². The van der Waals surface area contributed by atoms with Crippen LogP contribution in [-0.4, -0.2) is 12.9 Å². The Kier molecular flexibility index (Phi) is 4.94. The van der Waals surface area contributed by atoms with Crippen molar-refractivity contribution in [2.75, 3.05) is 7.05 Å². The second-order valence-corrected chi connectivity index (χ2v) is 5.56. The van der Waals surface area contributed by atoms with E-state index in [0.29, 0.717) is 5.70 Å². The minimum atomic E-state index is -4.52. The fraction of sp³-hybridized carbons (Fsp3) is 0.167. The number of nitrogens with zero attached hydrogens (tertiary/aromatic N) is 1.